The fraction of sp³-hybridized carbons (Fsp3) is 0.613. The van der Waals surface area contributed by atoms with Crippen LogP contribution >= 0.6 is 11.8 Å². The van der Waals surface area contributed by atoms with Crippen molar-refractivity contribution in [3.63, 3.8) is 0 Å². The summed E-state index contributed by atoms with van der Waals surface area (Å²) in [4.78, 5) is 38.7. The first kappa shape index (κ1) is 26.6. The van der Waals surface area contributed by atoms with Gasteiger partial charge < -0.3 is 19.6 Å². The van der Waals surface area contributed by atoms with Crippen molar-refractivity contribution in [1.82, 2.24) is 15.0 Å². The topological polar surface area (TPSA) is 114 Å². The van der Waals surface area contributed by atoms with Crippen LogP contribution in [0.3, 0.4) is 0 Å². The van der Waals surface area contributed by atoms with Crippen molar-refractivity contribution in [2.75, 3.05) is 5.75 Å². The average Bonchev–Trinajstić information content (AvgIpc) is 3.57. The number of ether oxygens (including phenoxy) is 2. The first-order valence-corrected chi connectivity index (χ1v) is 15.6. The fourth-order valence-electron chi connectivity index (χ4n) is 9.14. The number of hydrogen-bond acceptors (Lipinski definition) is 8. The minimum absolute atomic E-state index is 0.00948. The van der Waals surface area contributed by atoms with Crippen molar-refractivity contribution in [1.29, 1.82) is 0 Å². The first-order chi connectivity index (χ1) is 19.2. The molecule has 9 heteroatoms. The van der Waals surface area contributed by atoms with Crippen LogP contribution in [0.25, 0.3) is 11.2 Å². The second-order valence-electron chi connectivity index (χ2n) is 12.8. The maximum atomic E-state index is 14.4. The summed E-state index contributed by atoms with van der Waals surface area (Å²) >= 11 is 1.37. The van der Waals surface area contributed by atoms with Gasteiger partial charge in [0.05, 0.1) is 23.5 Å². The predicted molar refractivity (Wildman–Crippen MR) is 150 cm³/mol. The molecule has 9 atom stereocenters. The maximum Gasteiger partial charge on any atom is 0.178 e. The number of aromatic amines is 1. The van der Waals surface area contributed by atoms with Crippen LogP contribution in [0.2, 0.25) is 0 Å². The molecule has 2 aromatic rings. The molecule has 0 bridgehead atoms. The Kier molecular flexibility index (Phi) is 6.20. The summed E-state index contributed by atoms with van der Waals surface area (Å²) in [6.07, 6.45) is 10.3. The number of hydrogen-bond donors (Lipinski definition) is 2. The number of fused-ring (bicyclic) bond motifs is 8. The van der Waals surface area contributed by atoms with E-state index in [1.54, 1.807) is 18.3 Å². The Balaban J connectivity index is 1.22. The Bertz CT molecular complexity index is 1400. The minimum Gasteiger partial charge on any atom is -0.393 e. The van der Waals surface area contributed by atoms with E-state index in [2.05, 4.69) is 35.7 Å². The van der Waals surface area contributed by atoms with E-state index in [1.807, 2.05) is 18.2 Å². The summed E-state index contributed by atoms with van der Waals surface area (Å²) < 4.78 is 13.3. The zero-order chi connectivity index (χ0) is 27.9. The molecule has 2 aromatic heterocycles. The summed E-state index contributed by atoms with van der Waals surface area (Å²) in [6, 6.07) is 3.78. The lowest BCUT2D eigenvalue weighted by Crippen LogP contribution is -2.63. The van der Waals surface area contributed by atoms with E-state index in [0.717, 1.165) is 43.2 Å². The number of nitrogens with one attached hydrogen (secondary N) is 1. The molecule has 8 nitrogen and oxygen atoms in total. The van der Waals surface area contributed by atoms with Gasteiger partial charge in [-0.3, -0.25) is 9.59 Å². The highest BCUT2D eigenvalue weighted by atomic mass is 32.2. The molecule has 3 saturated carbocycles. The number of rotatable bonds is 6. The number of allylic oxidation sites excluding steroid dienone is 4. The zero-order valence-electron chi connectivity index (χ0n) is 23.3. The summed E-state index contributed by atoms with van der Waals surface area (Å²) in [7, 11) is 0. The van der Waals surface area contributed by atoms with E-state index in [1.165, 1.54) is 11.8 Å². The molecule has 1 aliphatic heterocycles. The van der Waals surface area contributed by atoms with E-state index >= 15 is 0 Å². The van der Waals surface area contributed by atoms with Crippen molar-refractivity contribution in [3.8, 4) is 0 Å². The number of H-pyrrole nitrogens is 1. The van der Waals surface area contributed by atoms with Gasteiger partial charge in [-0.25, -0.2) is 9.97 Å². The van der Waals surface area contributed by atoms with Gasteiger partial charge in [-0.2, -0.15) is 0 Å². The molecule has 40 heavy (non-hydrogen) atoms. The number of Topliss-reactive ketones (excluding diaryl/α,β-unsaturated/α-hetero) is 1. The lowest BCUT2D eigenvalue weighted by molar-refractivity contribution is -0.197. The molecular weight excluding hydrogens is 526 g/mol. The van der Waals surface area contributed by atoms with Gasteiger partial charge in [-0.1, -0.05) is 50.6 Å². The number of aliphatic hydroxyl groups excluding tert-OH is 1. The van der Waals surface area contributed by atoms with Gasteiger partial charge in [0.15, 0.2) is 34.3 Å². The number of imidazole rings is 1. The van der Waals surface area contributed by atoms with E-state index in [9.17, 15) is 14.7 Å². The Morgan fingerprint density at radius 2 is 2.17 bits per heavy atom. The summed E-state index contributed by atoms with van der Waals surface area (Å²) in [6.45, 7) is 6.43. The quantitative estimate of drug-likeness (QED) is 0.483. The van der Waals surface area contributed by atoms with E-state index in [-0.39, 0.29) is 46.6 Å². The third-order valence-electron chi connectivity index (χ3n) is 10.8. The number of pyridine rings is 1. The molecule has 4 aliphatic carbocycles. The molecular formula is C31H37N3O5S. The molecule has 4 fully saturated rings. The fourth-order valence-corrected chi connectivity index (χ4v) is 9.95. The number of aliphatic hydroxyl groups is 1. The molecule has 1 saturated heterocycles. The van der Waals surface area contributed by atoms with Gasteiger partial charge in [0.1, 0.15) is 0 Å². The van der Waals surface area contributed by atoms with Gasteiger partial charge in [0, 0.05) is 22.9 Å². The van der Waals surface area contributed by atoms with Gasteiger partial charge >= 0.3 is 0 Å². The van der Waals surface area contributed by atoms with Crippen molar-refractivity contribution < 1.29 is 24.2 Å². The van der Waals surface area contributed by atoms with Crippen LogP contribution in [-0.4, -0.2) is 61.5 Å². The van der Waals surface area contributed by atoms with Gasteiger partial charge in [-0.05, 0) is 68.2 Å². The van der Waals surface area contributed by atoms with Crippen LogP contribution in [0.15, 0.2) is 47.3 Å². The largest absolute Gasteiger partial charge is 0.393 e. The van der Waals surface area contributed by atoms with Crippen LogP contribution in [0, 0.1) is 28.6 Å². The molecule has 0 amide bonds. The summed E-state index contributed by atoms with van der Waals surface area (Å²) in [5.74, 6) is 0.598. The van der Waals surface area contributed by atoms with Crippen molar-refractivity contribution >= 4 is 34.5 Å². The first-order valence-electron chi connectivity index (χ1n) is 14.6. The lowest BCUT2D eigenvalue weighted by atomic mass is 9.46. The standard InChI is InChI=1S/C31H37N3O5S/c1-4-6-25-38-24-14-20-19-9-8-17-13-18(35)10-11-29(17,2)26(19)22(36)15-30(20,3)31(24,39-25)23(37)16-40-28-33-21-7-5-12-32-27(21)34-28/h5,7,10-13,19-20,22,24-26,36H,4,6,8-9,14-16H2,1-3H3,(H,32,33,34)/t19?,20?,22?,24-,25?,26?,29?,30?,31-/m1/s1. The second-order valence-corrected chi connectivity index (χ2v) is 13.7. The smallest absolute Gasteiger partial charge is 0.178 e. The minimum atomic E-state index is -1.11. The normalized spacial score (nSPS) is 41.8. The van der Waals surface area contributed by atoms with Crippen molar-refractivity contribution in [2.24, 2.45) is 28.6 Å². The molecule has 3 heterocycles. The van der Waals surface area contributed by atoms with E-state index < -0.39 is 23.4 Å². The molecule has 0 aromatic carbocycles. The monoisotopic (exact) mass is 563 g/mol. The highest BCUT2D eigenvalue weighted by molar-refractivity contribution is 7.99. The maximum absolute atomic E-state index is 14.4. The third kappa shape index (κ3) is 3.63. The molecule has 2 N–H and O–H groups in total. The number of thioether (sulfide) groups is 1. The highest BCUT2D eigenvalue weighted by Crippen LogP contribution is 2.69. The summed E-state index contributed by atoms with van der Waals surface area (Å²) in [5.41, 5.74) is 0.549. The molecule has 0 spiro atoms. The highest BCUT2D eigenvalue weighted by Gasteiger charge is 2.75. The number of nitrogens with zero attached hydrogens (tertiary/aromatic N) is 2. The Morgan fingerprint density at radius 3 is 2.98 bits per heavy atom. The van der Waals surface area contributed by atoms with Crippen LogP contribution < -0.4 is 0 Å². The van der Waals surface area contributed by atoms with Crippen LogP contribution in [-0.2, 0) is 19.1 Å². The predicted octanol–water partition coefficient (Wildman–Crippen LogP) is 4.79. The van der Waals surface area contributed by atoms with Gasteiger partial charge in [0.2, 0.25) is 0 Å². The Morgan fingerprint density at radius 1 is 1.32 bits per heavy atom. The average molecular weight is 564 g/mol. The van der Waals surface area contributed by atoms with Crippen molar-refractivity contribution in [3.05, 3.63) is 42.1 Å². The third-order valence-corrected chi connectivity index (χ3v) is 11.7. The number of carbonyl (C=O) groups is 2. The van der Waals surface area contributed by atoms with Crippen LogP contribution in [0.4, 0.5) is 0 Å². The second kappa shape index (κ2) is 9.34. The number of carbonyl (C=O) groups excluding carboxylic acids is 2. The Hall–Kier alpha value is -2.33. The molecule has 5 aliphatic rings. The van der Waals surface area contributed by atoms with Crippen molar-refractivity contribution in [2.45, 2.75) is 88.6 Å². The van der Waals surface area contributed by atoms with E-state index in [0.29, 0.717) is 17.2 Å². The molecule has 212 valence electrons. The number of ketones is 2. The van der Waals surface area contributed by atoms with E-state index in [4.69, 9.17) is 9.47 Å². The molecule has 0 radical (unpaired) electrons. The zero-order valence-corrected chi connectivity index (χ0v) is 24.1. The van der Waals surface area contributed by atoms with Crippen LogP contribution in [0.1, 0.15) is 59.3 Å². The SMILES string of the molecule is CCCC1O[C@@H]2CC3C4CCC5=CC(=O)C=CC5(C)C4C(O)CC3(C)[C@]2(C(=O)CSc2nc3ncccc3[nH]2)O1. The summed E-state index contributed by atoms with van der Waals surface area (Å²) in [5, 5.41) is 12.5. The Labute approximate surface area is 238 Å². The van der Waals surface area contributed by atoms with Gasteiger partial charge in [-0.15, -0.1) is 0 Å². The van der Waals surface area contributed by atoms with Crippen LogP contribution in [0.5, 0.6) is 0 Å². The molecule has 7 rings (SSSR count). The number of aromatic nitrogens is 3. The van der Waals surface area contributed by atoms with Gasteiger partial charge in [0.25, 0.3) is 0 Å². The lowest BCUT2D eigenvalue weighted by Gasteiger charge is -2.59. The molecule has 7 unspecified atom stereocenters.